The molecule has 7 heteroatoms. The van der Waals surface area contributed by atoms with Gasteiger partial charge < -0.3 is 16.4 Å². The van der Waals surface area contributed by atoms with Crippen LogP contribution < -0.4 is 56.5 Å². The Balaban J connectivity index is -0.0000000208. The van der Waals surface area contributed by atoms with Gasteiger partial charge in [0.2, 0.25) is 0 Å². The Labute approximate surface area is 110 Å². The normalized spacial score (nSPS) is 4.90. The Morgan fingerprint density at radius 1 is 1.30 bits per heavy atom. The van der Waals surface area contributed by atoms with Gasteiger partial charge in [0.25, 0.3) is 0 Å². The summed E-state index contributed by atoms with van der Waals surface area (Å²) in [5.41, 5.74) is 0. The van der Waals surface area contributed by atoms with Crippen LogP contribution in [-0.2, 0) is 4.79 Å². The van der Waals surface area contributed by atoms with Gasteiger partial charge in [0.1, 0.15) is 0 Å². The quantitative estimate of drug-likeness (QED) is 0.442. The number of carboxylic acids is 1. The number of hydrogen-bond donors (Lipinski definition) is 0. The van der Waals surface area contributed by atoms with E-state index in [1.165, 1.54) is 0 Å². The standard InChI is InChI=1S/C3H5GeO2.K.3H2O/c4-2-1-3(5)6;;;;/h1-2H2,(H,5,6);;3*1H2/q;+1;;;/p-1. The van der Waals surface area contributed by atoms with Gasteiger partial charge >= 0.3 is 95.4 Å². The van der Waals surface area contributed by atoms with Crippen molar-refractivity contribution in [1.29, 1.82) is 0 Å². The van der Waals surface area contributed by atoms with Crippen LogP contribution in [0.25, 0.3) is 0 Å². The van der Waals surface area contributed by atoms with Crippen molar-refractivity contribution in [3.05, 3.63) is 0 Å². The van der Waals surface area contributed by atoms with Crippen molar-refractivity contribution in [3.63, 3.8) is 0 Å². The fraction of sp³-hybridized carbons (Fsp3) is 0.667. The first-order valence-electron chi connectivity index (χ1n) is 1.62. The van der Waals surface area contributed by atoms with Crippen LogP contribution in [0.2, 0.25) is 5.25 Å². The van der Waals surface area contributed by atoms with Gasteiger partial charge in [0.05, 0.1) is 0 Å². The van der Waals surface area contributed by atoms with Gasteiger partial charge in [-0.05, 0) is 0 Å². The molecule has 0 heterocycles. The summed E-state index contributed by atoms with van der Waals surface area (Å²) in [5.74, 6) is -0.961. The summed E-state index contributed by atoms with van der Waals surface area (Å²) >= 11 is 1.80. The zero-order valence-electron chi connectivity index (χ0n) is 5.73. The smallest absolute Gasteiger partial charge is 1.00 e. The van der Waals surface area contributed by atoms with E-state index >= 15 is 0 Å². The largest absolute Gasteiger partial charge is 1.00 e. The Morgan fingerprint density at radius 3 is 1.60 bits per heavy atom. The Bertz CT molecular complexity index is 60.9. The maximum absolute atomic E-state index is 9.49. The second-order valence-electron chi connectivity index (χ2n) is 0.872. The van der Waals surface area contributed by atoms with Crippen LogP contribution in [-0.4, -0.2) is 38.9 Å². The Morgan fingerprint density at radius 2 is 1.60 bits per heavy atom. The molecule has 0 bridgehead atoms. The molecule has 0 unspecified atom stereocenters. The van der Waals surface area contributed by atoms with Crippen LogP contribution >= 0.6 is 0 Å². The summed E-state index contributed by atoms with van der Waals surface area (Å²) < 4.78 is 0. The molecule has 0 atom stereocenters. The van der Waals surface area contributed by atoms with Crippen molar-refractivity contribution in [2.45, 2.75) is 11.7 Å². The third-order valence-electron chi connectivity index (χ3n) is 0.329. The van der Waals surface area contributed by atoms with E-state index in [-0.39, 0.29) is 74.2 Å². The van der Waals surface area contributed by atoms with Crippen molar-refractivity contribution in [1.82, 2.24) is 0 Å². The van der Waals surface area contributed by atoms with Gasteiger partial charge in [-0.25, -0.2) is 0 Å². The molecule has 0 aliphatic heterocycles. The monoisotopic (exact) mass is 239 g/mol. The number of carboxylic acid groups (broad SMARTS) is 1. The molecule has 0 aliphatic carbocycles. The zero-order valence-corrected chi connectivity index (χ0v) is 11.0. The van der Waals surface area contributed by atoms with E-state index in [1.807, 2.05) is 0 Å². The predicted molar refractivity (Wildman–Crippen MR) is 31.0 cm³/mol. The second-order valence-corrected chi connectivity index (χ2v) is 1.92. The maximum Gasteiger partial charge on any atom is 1.00 e. The summed E-state index contributed by atoms with van der Waals surface area (Å²) in [6, 6.07) is 0. The van der Waals surface area contributed by atoms with Gasteiger partial charge in [0, 0.05) is 0 Å². The number of rotatable bonds is 2. The number of carbonyl (C=O) groups is 1. The van der Waals surface area contributed by atoms with E-state index < -0.39 is 5.97 Å². The molecule has 57 valence electrons. The van der Waals surface area contributed by atoms with E-state index in [4.69, 9.17) is 0 Å². The molecular weight excluding hydrogens is 228 g/mol. The van der Waals surface area contributed by atoms with Crippen LogP contribution in [0.1, 0.15) is 6.42 Å². The van der Waals surface area contributed by atoms with Crippen molar-refractivity contribution in [3.8, 4) is 0 Å². The average Bonchev–Trinajstić information content (AvgIpc) is 1.35. The molecule has 0 saturated carbocycles. The Hall–Kier alpha value is 1.53. The van der Waals surface area contributed by atoms with Gasteiger partial charge in [-0.3, -0.25) is 0 Å². The number of aliphatic carboxylic acids is 1. The van der Waals surface area contributed by atoms with E-state index in [1.54, 1.807) is 16.5 Å². The first-order valence-corrected chi connectivity index (χ1v) is 3.10. The zero-order chi connectivity index (χ0) is 4.99. The van der Waals surface area contributed by atoms with Crippen LogP contribution in [0.3, 0.4) is 0 Å². The second kappa shape index (κ2) is 22.4. The SMILES string of the molecule is O.O.O.O=C([O-])C[CH2][Ge].[K+]. The molecule has 6 N–H and O–H groups in total. The Kier molecular flexibility index (Phi) is 67.2. The van der Waals surface area contributed by atoms with Crippen molar-refractivity contribution in [2.75, 3.05) is 0 Å². The summed E-state index contributed by atoms with van der Waals surface area (Å²) in [4.78, 5) is 9.49. The molecule has 0 fully saturated rings. The van der Waals surface area contributed by atoms with Gasteiger partial charge in [0.15, 0.2) is 0 Å². The third-order valence-corrected chi connectivity index (χ3v) is 0.854. The van der Waals surface area contributed by atoms with E-state index in [9.17, 15) is 9.90 Å². The fourth-order valence-corrected chi connectivity index (χ4v) is 0.530. The summed E-state index contributed by atoms with van der Waals surface area (Å²) in [6.07, 6.45) is 0.181. The first-order chi connectivity index (χ1) is 2.77. The molecule has 0 rings (SSSR count). The minimum atomic E-state index is -0.961. The molecular formula is C3H10GeKO5. The molecule has 3 radical (unpaired) electrons. The first kappa shape index (κ1) is 30.0. The minimum absolute atomic E-state index is 0. The molecule has 0 aliphatic rings. The summed E-state index contributed by atoms with van der Waals surface area (Å²) in [7, 11) is 0. The van der Waals surface area contributed by atoms with Crippen LogP contribution in [0.15, 0.2) is 0 Å². The molecule has 0 aromatic carbocycles. The van der Waals surface area contributed by atoms with Crippen molar-refractivity contribution >= 4 is 22.5 Å². The predicted octanol–water partition coefficient (Wildman–Crippen LogP) is -6.76. The third kappa shape index (κ3) is 33.8. The minimum Gasteiger partial charge on any atom is 1.00 e. The van der Waals surface area contributed by atoms with Crippen LogP contribution in [0, 0.1) is 0 Å². The van der Waals surface area contributed by atoms with Crippen LogP contribution in [0.5, 0.6) is 0 Å². The molecule has 0 amide bonds. The van der Waals surface area contributed by atoms with Gasteiger partial charge in [-0.15, -0.1) is 0 Å². The fourth-order valence-electron chi connectivity index (χ4n) is 0.102. The maximum atomic E-state index is 9.49. The molecule has 10 heavy (non-hydrogen) atoms. The molecule has 0 aromatic heterocycles. The van der Waals surface area contributed by atoms with E-state index in [2.05, 4.69) is 0 Å². The van der Waals surface area contributed by atoms with Crippen molar-refractivity contribution in [2.24, 2.45) is 0 Å². The van der Waals surface area contributed by atoms with E-state index in [0.717, 1.165) is 0 Å². The van der Waals surface area contributed by atoms with Gasteiger partial charge in [-0.1, -0.05) is 0 Å². The van der Waals surface area contributed by atoms with Crippen LogP contribution in [0.4, 0.5) is 0 Å². The number of hydrogen-bond acceptors (Lipinski definition) is 2. The van der Waals surface area contributed by atoms with Crippen molar-refractivity contribution < 1.29 is 77.7 Å². The molecule has 5 nitrogen and oxygen atoms in total. The number of carbonyl (C=O) groups excluding carboxylic acids is 1. The summed E-state index contributed by atoms with van der Waals surface area (Å²) in [6.45, 7) is 0. The summed E-state index contributed by atoms with van der Waals surface area (Å²) in [5, 5.41) is 10.2. The van der Waals surface area contributed by atoms with E-state index in [0.29, 0.717) is 5.25 Å². The van der Waals surface area contributed by atoms with Gasteiger partial charge in [-0.2, -0.15) is 0 Å². The molecule has 0 spiro atoms. The molecule has 0 aromatic rings. The topological polar surface area (TPSA) is 135 Å². The average molecular weight is 238 g/mol. The molecule has 0 saturated heterocycles.